The van der Waals surface area contributed by atoms with Gasteiger partial charge in [-0.2, -0.15) is 5.10 Å². The second-order valence-corrected chi connectivity index (χ2v) is 6.34. The summed E-state index contributed by atoms with van der Waals surface area (Å²) in [5, 5.41) is 9.95. The molecule has 5 heteroatoms. The molecule has 1 aromatic heterocycles. The fourth-order valence-corrected chi connectivity index (χ4v) is 3.27. The zero-order chi connectivity index (χ0) is 15.6. The number of piperazine rings is 1. The maximum absolute atomic E-state index is 6.00. The highest BCUT2D eigenvalue weighted by Gasteiger charge is 2.13. The van der Waals surface area contributed by atoms with Crippen LogP contribution in [0.5, 0.6) is 0 Å². The predicted molar refractivity (Wildman–Crippen MR) is 94.6 cm³/mol. The minimum Gasteiger partial charge on any atom is -0.314 e. The fraction of sp³-hybridized carbons (Fsp3) is 0.278. The number of halogens is 1. The smallest absolute Gasteiger partial charge is 0.0936 e. The van der Waals surface area contributed by atoms with Gasteiger partial charge in [0, 0.05) is 36.6 Å². The van der Waals surface area contributed by atoms with E-state index in [4.69, 9.17) is 11.6 Å². The van der Waals surface area contributed by atoms with Gasteiger partial charge in [-0.05, 0) is 29.3 Å². The number of fused-ring (bicyclic) bond motifs is 1. The molecule has 0 bridgehead atoms. The van der Waals surface area contributed by atoms with Crippen LogP contribution in [0.3, 0.4) is 0 Å². The third-order valence-electron chi connectivity index (χ3n) is 4.39. The molecule has 23 heavy (non-hydrogen) atoms. The second kappa shape index (κ2) is 6.32. The maximum atomic E-state index is 6.00. The van der Waals surface area contributed by atoms with Crippen molar-refractivity contribution in [3.63, 3.8) is 0 Å². The van der Waals surface area contributed by atoms with Gasteiger partial charge in [-0.3, -0.25) is 9.58 Å². The molecule has 0 saturated carbocycles. The lowest BCUT2D eigenvalue weighted by atomic mass is 10.0. The molecule has 0 aliphatic carbocycles. The fourth-order valence-electron chi connectivity index (χ4n) is 3.14. The van der Waals surface area contributed by atoms with E-state index in [1.807, 2.05) is 18.3 Å². The normalized spacial score (nSPS) is 16.0. The van der Waals surface area contributed by atoms with E-state index in [0.29, 0.717) is 0 Å². The summed E-state index contributed by atoms with van der Waals surface area (Å²) in [7, 11) is 0. The van der Waals surface area contributed by atoms with E-state index >= 15 is 0 Å². The predicted octanol–water partition coefficient (Wildman–Crippen LogP) is 3.22. The monoisotopic (exact) mass is 326 g/mol. The molecule has 0 spiro atoms. The molecule has 0 unspecified atom stereocenters. The van der Waals surface area contributed by atoms with Gasteiger partial charge in [0.15, 0.2) is 0 Å². The van der Waals surface area contributed by atoms with Crippen LogP contribution in [-0.4, -0.2) is 40.9 Å². The molecular formula is C18H19ClN4. The van der Waals surface area contributed by atoms with Crippen LogP contribution in [0.2, 0.25) is 5.02 Å². The van der Waals surface area contributed by atoms with Crippen LogP contribution in [0.4, 0.5) is 0 Å². The van der Waals surface area contributed by atoms with Crippen LogP contribution in [0.15, 0.2) is 48.7 Å². The maximum Gasteiger partial charge on any atom is 0.0936 e. The molecule has 2 aromatic carbocycles. The van der Waals surface area contributed by atoms with Crippen molar-refractivity contribution in [2.24, 2.45) is 0 Å². The Hall–Kier alpha value is -1.88. The van der Waals surface area contributed by atoms with Gasteiger partial charge >= 0.3 is 0 Å². The lowest BCUT2D eigenvalue weighted by molar-refractivity contribution is 0.187. The van der Waals surface area contributed by atoms with Crippen molar-refractivity contribution in [3.05, 3.63) is 53.7 Å². The summed E-state index contributed by atoms with van der Waals surface area (Å²) in [6.07, 6.45) is 1.97. The average Bonchev–Trinajstić information content (AvgIpc) is 3.00. The Balaban J connectivity index is 1.69. The van der Waals surface area contributed by atoms with Gasteiger partial charge in [0.1, 0.15) is 0 Å². The first-order chi connectivity index (χ1) is 11.3. The van der Waals surface area contributed by atoms with Crippen LogP contribution < -0.4 is 5.32 Å². The summed E-state index contributed by atoms with van der Waals surface area (Å²) in [6, 6.07) is 14.4. The molecule has 1 aliphatic heterocycles. The SMILES string of the molecule is Clc1ccc(-c2cccc3c2cnn3CN2CCNCC2)cc1. The number of hydrogen-bond donors (Lipinski definition) is 1. The third-order valence-corrected chi connectivity index (χ3v) is 4.64. The van der Waals surface area contributed by atoms with Crippen molar-refractivity contribution in [2.75, 3.05) is 26.2 Å². The Kier molecular flexibility index (Phi) is 4.04. The van der Waals surface area contributed by atoms with Crippen molar-refractivity contribution in [1.29, 1.82) is 0 Å². The highest BCUT2D eigenvalue weighted by molar-refractivity contribution is 6.30. The highest BCUT2D eigenvalue weighted by atomic mass is 35.5. The number of nitrogens with one attached hydrogen (secondary N) is 1. The molecule has 1 saturated heterocycles. The van der Waals surface area contributed by atoms with Crippen molar-refractivity contribution in [3.8, 4) is 11.1 Å². The Morgan fingerprint density at radius 1 is 1.04 bits per heavy atom. The lowest BCUT2D eigenvalue weighted by Crippen LogP contribution is -2.44. The molecule has 4 rings (SSSR count). The van der Waals surface area contributed by atoms with E-state index in [1.54, 1.807) is 0 Å². The molecule has 0 amide bonds. The van der Waals surface area contributed by atoms with E-state index in [9.17, 15) is 0 Å². The van der Waals surface area contributed by atoms with E-state index in [-0.39, 0.29) is 0 Å². The summed E-state index contributed by atoms with van der Waals surface area (Å²) in [5.41, 5.74) is 3.54. The van der Waals surface area contributed by atoms with Crippen LogP contribution in [0.25, 0.3) is 22.0 Å². The Bertz CT molecular complexity index is 804. The van der Waals surface area contributed by atoms with Crippen LogP contribution in [-0.2, 0) is 6.67 Å². The summed E-state index contributed by atoms with van der Waals surface area (Å²) in [4.78, 5) is 2.43. The molecule has 4 nitrogen and oxygen atoms in total. The summed E-state index contributed by atoms with van der Waals surface area (Å²) >= 11 is 6.00. The van der Waals surface area contributed by atoms with Gasteiger partial charge in [-0.25, -0.2) is 0 Å². The Labute approximate surface area is 140 Å². The topological polar surface area (TPSA) is 33.1 Å². The van der Waals surface area contributed by atoms with Gasteiger partial charge in [-0.15, -0.1) is 0 Å². The summed E-state index contributed by atoms with van der Waals surface area (Å²) in [5.74, 6) is 0. The van der Waals surface area contributed by atoms with Crippen molar-refractivity contribution in [2.45, 2.75) is 6.67 Å². The van der Waals surface area contributed by atoms with E-state index < -0.39 is 0 Å². The third kappa shape index (κ3) is 2.98. The van der Waals surface area contributed by atoms with E-state index in [1.165, 1.54) is 22.0 Å². The van der Waals surface area contributed by atoms with Crippen molar-refractivity contribution >= 4 is 22.5 Å². The average molecular weight is 327 g/mol. The Morgan fingerprint density at radius 3 is 2.61 bits per heavy atom. The largest absolute Gasteiger partial charge is 0.314 e. The minimum atomic E-state index is 0.760. The number of rotatable bonds is 3. The van der Waals surface area contributed by atoms with Gasteiger partial charge in [0.05, 0.1) is 18.4 Å². The first-order valence-electron chi connectivity index (χ1n) is 7.95. The van der Waals surface area contributed by atoms with Gasteiger partial charge in [0.2, 0.25) is 0 Å². The quantitative estimate of drug-likeness (QED) is 0.802. The molecule has 118 valence electrons. The molecule has 0 radical (unpaired) electrons. The molecule has 0 atom stereocenters. The highest BCUT2D eigenvalue weighted by Crippen LogP contribution is 2.29. The molecular weight excluding hydrogens is 308 g/mol. The van der Waals surface area contributed by atoms with Crippen LogP contribution >= 0.6 is 11.6 Å². The summed E-state index contributed by atoms with van der Waals surface area (Å²) in [6.45, 7) is 5.08. The first kappa shape index (κ1) is 14.7. The van der Waals surface area contributed by atoms with Gasteiger partial charge < -0.3 is 5.32 Å². The van der Waals surface area contributed by atoms with E-state index in [2.05, 4.69) is 50.3 Å². The number of benzene rings is 2. The molecule has 2 heterocycles. The molecule has 1 N–H and O–H groups in total. The first-order valence-corrected chi connectivity index (χ1v) is 8.32. The number of aromatic nitrogens is 2. The lowest BCUT2D eigenvalue weighted by Gasteiger charge is -2.27. The minimum absolute atomic E-state index is 0.760. The van der Waals surface area contributed by atoms with Crippen LogP contribution in [0, 0.1) is 0 Å². The van der Waals surface area contributed by atoms with Crippen molar-refractivity contribution < 1.29 is 0 Å². The molecule has 1 aliphatic rings. The van der Waals surface area contributed by atoms with Gasteiger partial charge in [-0.1, -0.05) is 35.9 Å². The zero-order valence-corrected chi connectivity index (χ0v) is 13.6. The Morgan fingerprint density at radius 2 is 1.83 bits per heavy atom. The standard InChI is InChI=1S/C18H19ClN4/c19-15-6-4-14(5-7-15)16-2-1-3-18-17(16)12-21-23(18)13-22-10-8-20-9-11-22/h1-7,12,20H,8-11,13H2. The summed E-state index contributed by atoms with van der Waals surface area (Å²) < 4.78 is 2.10. The van der Waals surface area contributed by atoms with Crippen LogP contribution in [0.1, 0.15) is 0 Å². The second-order valence-electron chi connectivity index (χ2n) is 5.90. The number of hydrogen-bond acceptors (Lipinski definition) is 3. The molecule has 3 aromatic rings. The van der Waals surface area contributed by atoms with Crippen molar-refractivity contribution in [1.82, 2.24) is 20.0 Å². The molecule has 1 fully saturated rings. The van der Waals surface area contributed by atoms with E-state index in [0.717, 1.165) is 37.9 Å². The zero-order valence-electron chi connectivity index (χ0n) is 12.9. The van der Waals surface area contributed by atoms with Gasteiger partial charge in [0.25, 0.3) is 0 Å². The number of nitrogens with zero attached hydrogens (tertiary/aromatic N) is 3.